The zero-order valence-electron chi connectivity index (χ0n) is 25.9. The Labute approximate surface area is 289 Å². The number of amides is 4. The molecule has 12 heteroatoms. The first-order valence-corrected chi connectivity index (χ1v) is 16.5. The van der Waals surface area contributed by atoms with Gasteiger partial charge < -0.3 is 20.1 Å². The number of thioether (sulfide) groups is 1. The average molecular weight is 729 g/mol. The Hall–Kier alpha value is -5.20. The van der Waals surface area contributed by atoms with E-state index < -0.39 is 23.0 Å². The summed E-state index contributed by atoms with van der Waals surface area (Å²) in [4.78, 5) is 66.6. The van der Waals surface area contributed by atoms with Crippen LogP contribution in [0.1, 0.15) is 39.6 Å². The molecule has 0 radical (unpaired) electrons. The highest BCUT2D eigenvalue weighted by atomic mass is 79.9. The summed E-state index contributed by atoms with van der Waals surface area (Å²) >= 11 is 4.65. The first-order chi connectivity index (χ1) is 23.2. The second kappa shape index (κ2) is 15.6. The highest BCUT2D eigenvalue weighted by molar-refractivity contribution is 9.10. The van der Waals surface area contributed by atoms with Crippen molar-refractivity contribution in [3.8, 4) is 5.75 Å². The largest absolute Gasteiger partial charge is 0.496 e. The molecule has 1 aliphatic rings. The molecule has 4 amide bonds. The van der Waals surface area contributed by atoms with Crippen molar-refractivity contribution in [2.45, 2.75) is 23.5 Å². The molecule has 5 rings (SSSR count). The first-order valence-electron chi connectivity index (χ1n) is 14.8. The van der Waals surface area contributed by atoms with E-state index in [1.165, 1.54) is 36.0 Å². The van der Waals surface area contributed by atoms with Crippen LogP contribution < -0.4 is 20.3 Å². The maximum atomic E-state index is 13.6. The SMILES string of the molecule is CCOC(=O)c1ccc(N2C(=O)CC(Sc3cccc(NC(=O)C(=Cc4ccc(OC)c(Br)c4)NC(=O)c4ccccc4)c3)C2=O)cc1. The Morgan fingerprint density at radius 3 is 2.38 bits per heavy atom. The van der Waals surface area contributed by atoms with E-state index in [1.54, 1.807) is 92.9 Å². The van der Waals surface area contributed by atoms with Crippen LogP contribution in [0.5, 0.6) is 5.75 Å². The monoisotopic (exact) mass is 727 g/mol. The van der Waals surface area contributed by atoms with Crippen molar-refractivity contribution < 1.29 is 33.4 Å². The zero-order chi connectivity index (χ0) is 34.2. The van der Waals surface area contributed by atoms with Gasteiger partial charge >= 0.3 is 5.97 Å². The van der Waals surface area contributed by atoms with Crippen LogP contribution in [-0.2, 0) is 19.1 Å². The Bertz CT molecular complexity index is 1900. The van der Waals surface area contributed by atoms with Crippen molar-refractivity contribution in [3.63, 3.8) is 0 Å². The molecule has 2 N–H and O–H groups in total. The van der Waals surface area contributed by atoms with Gasteiger partial charge in [-0.3, -0.25) is 19.2 Å². The third-order valence-electron chi connectivity index (χ3n) is 7.13. The lowest BCUT2D eigenvalue weighted by atomic mass is 10.1. The van der Waals surface area contributed by atoms with Gasteiger partial charge in [0.05, 0.1) is 34.7 Å². The van der Waals surface area contributed by atoms with Gasteiger partial charge in [-0.25, -0.2) is 9.69 Å². The number of carbonyl (C=O) groups excluding carboxylic acids is 5. The minimum atomic E-state index is -0.692. The molecule has 4 aromatic rings. The van der Waals surface area contributed by atoms with Gasteiger partial charge in [0.25, 0.3) is 11.8 Å². The standard InChI is InChI=1S/C36H30BrN3O7S/c1-3-47-36(45)24-13-15-26(16-14-24)40-32(41)21-31(35(40)44)48-27-11-7-10-25(20-27)38-34(43)29(39-33(42)23-8-5-4-6-9-23)19-22-12-17-30(46-2)28(37)18-22/h4-20,31H,3,21H2,1-2H3,(H,38,43)(H,39,42). The van der Waals surface area contributed by atoms with E-state index in [1.807, 2.05) is 0 Å². The molecule has 1 atom stereocenters. The molecule has 0 aromatic heterocycles. The number of esters is 1. The fraction of sp³-hybridized carbons (Fsp3) is 0.139. The van der Waals surface area contributed by atoms with E-state index in [9.17, 15) is 24.0 Å². The van der Waals surface area contributed by atoms with Crippen molar-refractivity contribution in [1.82, 2.24) is 5.32 Å². The molecule has 4 aromatic carbocycles. The lowest BCUT2D eigenvalue weighted by Gasteiger charge is -2.16. The minimum absolute atomic E-state index is 0.000149. The van der Waals surface area contributed by atoms with E-state index >= 15 is 0 Å². The summed E-state index contributed by atoms with van der Waals surface area (Å²) in [5.41, 5.74) is 2.12. The van der Waals surface area contributed by atoms with Crippen LogP contribution in [0, 0.1) is 0 Å². The number of halogens is 1. The topological polar surface area (TPSA) is 131 Å². The van der Waals surface area contributed by atoms with E-state index in [2.05, 4.69) is 26.6 Å². The van der Waals surface area contributed by atoms with Crippen molar-refractivity contribution in [1.29, 1.82) is 0 Å². The number of imide groups is 1. The summed E-state index contributed by atoms with van der Waals surface area (Å²) in [6.45, 7) is 1.94. The molecule has 1 saturated heterocycles. The molecule has 1 fully saturated rings. The maximum absolute atomic E-state index is 13.6. The van der Waals surface area contributed by atoms with Crippen molar-refractivity contribution in [3.05, 3.63) is 124 Å². The van der Waals surface area contributed by atoms with Crippen LogP contribution in [0.2, 0.25) is 0 Å². The number of anilines is 2. The van der Waals surface area contributed by atoms with E-state index in [4.69, 9.17) is 9.47 Å². The summed E-state index contributed by atoms with van der Waals surface area (Å²) in [5.74, 6) is -1.66. The van der Waals surface area contributed by atoms with Crippen molar-refractivity contribution >= 4 is 74.7 Å². The molecule has 244 valence electrons. The number of nitrogens with one attached hydrogen (secondary N) is 2. The smallest absolute Gasteiger partial charge is 0.338 e. The normalized spacial score (nSPS) is 14.4. The third kappa shape index (κ3) is 8.20. The lowest BCUT2D eigenvalue weighted by Crippen LogP contribution is -2.31. The molecule has 0 saturated carbocycles. The molecule has 0 bridgehead atoms. The lowest BCUT2D eigenvalue weighted by molar-refractivity contribution is -0.121. The van der Waals surface area contributed by atoms with Crippen LogP contribution in [0.15, 0.2) is 112 Å². The molecular weight excluding hydrogens is 698 g/mol. The van der Waals surface area contributed by atoms with Gasteiger partial charge in [0.2, 0.25) is 11.8 Å². The van der Waals surface area contributed by atoms with Gasteiger partial charge in [-0.05, 0) is 101 Å². The number of benzene rings is 4. The van der Waals surface area contributed by atoms with Crippen LogP contribution in [0.25, 0.3) is 6.08 Å². The Morgan fingerprint density at radius 1 is 0.938 bits per heavy atom. The average Bonchev–Trinajstić information content (AvgIpc) is 3.36. The Balaban J connectivity index is 1.31. The summed E-state index contributed by atoms with van der Waals surface area (Å²) in [7, 11) is 1.55. The number of nitrogens with zero attached hydrogens (tertiary/aromatic N) is 1. The van der Waals surface area contributed by atoms with Gasteiger partial charge in [-0.2, -0.15) is 0 Å². The number of hydrogen-bond acceptors (Lipinski definition) is 8. The molecule has 1 heterocycles. The van der Waals surface area contributed by atoms with Crippen LogP contribution in [0.4, 0.5) is 11.4 Å². The van der Waals surface area contributed by atoms with Crippen LogP contribution in [-0.4, -0.2) is 48.6 Å². The summed E-state index contributed by atoms with van der Waals surface area (Å²) < 4.78 is 11.0. The van der Waals surface area contributed by atoms with Crippen molar-refractivity contribution in [2.75, 3.05) is 23.9 Å². The number of ether oxygens (including phenoxy) is 2. The second-order valence-corrected chi connectivity index (χ2v) is 12.5. The minimum Gasteiger partial charge on any atom is -0.496 e. The Morgan fingerprint density at radius 2 is 1.69 bits per heavy atom. The second-order valence-electron chi connectivity index (χ2n) is 10.4. The molecule has 0 aliphatic carbocycles. The fourth-order valence-electron chi connectivity index (χ4n) is 4.82. The van der Waals surface area contributed by atoms with Gasteiger partial charge in [-0.15, -0.1) is 11.8 Å². The van der Waals surface area contributed by atoms with Crippen molar-refractivity contribution in [2.24, 2.45) is 0 Å². The number of hydrogen-bond donors (Lipinski definition) is 2. The quantitative estimate of drug-likeness (QED) is 0.102. The first kappa shape index (κ1) is 34.1. The highest BCUT2D eigenvalue weighted by Gasteiger charge is 2.40. The summed E-state index contributed by atoms with van der Waals surface area (Å²) in [5, 5.41) is 4.85. The molecule has 1 aliphatic heterocycles. The maximum Gasteiger partial charge on any atom is 0.338 e. The number of rotatable bonds is 11. The van der Waals surface area contributed by atoms with Gasteiger partial charge in [0.1, 0.15) is 11.4 Å². The third-order valence-corrected chi connectivity index (χ3v) is 8.93. The fourth-order valence-corrected chi connectivity index (χ4v) is 6.49. The van der Waals surface area contributed by atoms with Gasteiger partial charge in [0.15, 0.2) is 0 Å². The molecular formula is C36H30BrN3O7S. The summed E-state index contributed by atoms with van der Waals surface area (Å²) in [6, 6.07) is 26.8. The Kier molecular flexibility index (Phi) is 11.1. The number of carbonyl (C=O) groups is 5. The van der Waals surface area contributed by atoms with Gasteiger partial charge in [0, 0.05) is 22.6 Å². The summed E-state index contributed by atoms with van der Waals surface area (Å²) in [6.07, 6.45) is 1.53. The van der Waals surface area contributed by atoms with E-state index in [0.717, 1.165) is 4.90 Å². The molecule has 48 heavy (non-hydrogen) atoms. The number of methoxy groups -OCH3 is 1. The van der Waals surface area contributed by atoms with E-state index in [-0.39, 0.29) is 30.5 Å². The predicted molar refractivity (Wildman–Crippen MR) is 187 cm³/mol. The molecule has 1 unspecified atom stereocenters. The highest BCUT2D eigenvalue weighted by Crippen LogP contribution is 2.35. The van der Waals surface area contributed by atoms with E-state index in [0.29, 0.717) is 43.2 Å². The van der Waals surface area contributed by atoms with Crippen LogP contribution in [0.3, 0.4) is 0 Å². The molecule has 10 nitrogen and oxygen atoms in total. The van der Waals surface area contributed by atoms with Gasteiger partial charge in [-0.1, -0.05) is 30.3 Å². The predicted octanol–water partition coefficient (Wildman–Crippen LogP) is 6.47. The zero-order valence-corrected chi connectivity index (χ0v) is 28.3. The van der Waals surface area contributed by atoms with Crippen LogP contribution >= 0.6 is 27.7 Å². The molecule has 0 spiro atoms.